The van der Waals surface area contributed by atoms with Crippen LogP contribution in [0.1, 0.15) is 45.1 Å². The summed E-state index contributed by atoms with van der Waals surface area (Å²) in [5.41, 5.74) is 12.9. The Labute approximate surface area is 179 Å². The molecule has 2 aliphatic rings. The number of hydrogen-bond acceptors (Lipinski definition) is 4. The van der Waals surface area contributed by atoms with Gasteiger partial charge in [0, 0.05) is 17.2 Å². The standard InChI is InChI=1S/C25H22FN3O2/c1-14-12-19(8-11-22(14)27)29-24(15-2-6-18(26)7-3-15)21-10-4-16-13-17(25(30)31)5-9-20(16)23(21)28-29/h2-3,5-9,11-13,21,24H,4,10,27H2,1H3,(H,30,31)/t21-,24-/m0/s1. The highest BCUT2D eigenvalue weighted by Gasteiger charge is 2.42. The van der Waals surface area contributed by atoms with Crippen molar-refractivity contribution < 1.29 is 14.3 Å². The molecular weight excluding hydrogens is 393 g/mol. The van der Waals surface area contributed by atoms with Crippen molar-refractivity contribution in [2.75, 3.05) is 10.7 Å². The van der Waals surface area contributed by atoms with Gasteiger partial charge in [0.05, 0.1) is 23.0 Å². The lowest BCUT2D eigenvalue weighted by Gasteiger charge is -2.31. The summed E-state index contributed by atoms with van der Waals surface area (Å²) in [6.07, 6.45) is 1.61. The van der Waals surface area contributed by atoms with Crippen LogP contribution in [-0.4, -0.2) is 16.8 Å². The highest BCUT2D eigenvalue weighted by Crippen LogP contribution is 2.45. The molecule has 0 unspecified atom stereocenters. The normalized spacial score (nSPS) is 19.5. The lowest BCUT2D eigenvalue weighted by molar-refractivity contribution is 0.0696. The van der Waals surface area contributed by atoms with Crippen molar-refractivity contribution in [1.29, 1.82) is 0 Å². The number of nitrogens with zero attached hydrogens (tertiary/aromatic N) is 2. The predicted octanol–water partition coefficient (Wildman–Crippen LogP) is 4.94. The van der Waals surface area contributed by atoms with Gasteiger partial charge in [-0.3, -0.25) is 5.01 Å². The number of aryl methyl sites for hydroxylation is 2. The average Bonchev–Trinajstić information content (AvgIpc) is 3.15. The Morgan fingerprint density at radius 3 is 2.61 bits per heavy atom. The van der Waals surface area contributed by atoms with E-state index in [2.05, 4.69) is 0 Å². The maximum atomic E-state index is 13.6. The molecule has 0 saturated carbocycles. The Balaban J connectivity index is 1.64. The van der Waals surface area contributed by atoms with Crippen LogP contribution in [0.4, 0.5) is 15.8 Å². The van der Waals surface area contributed by atoms with Crippen LogP contribution < -0.4 is 10.7 Å². The van der Waals surface area contributed by atoms with Gasteiger partial charge in [-0.05, 0) is 78.9 Å². The van der Waals surface area contributed by atoms with Crippen LogP contribution in [0.25, 0.3) is 0 Å². The highest BCUT2D eigenvalue weighted by molar-refractivity contribution is 6.07. The molecule has 1 heterocycles. The minimum atomic E-state index is -0.929. The summed E-state index contributed by atoms with van der Waals surface area (Å²) in [6.45, 7) is 1.96. The number of nitrogen functional groups attached to an aromatic ring is 1. The molecule has 5 rings (SSSR count). The largest absolute Gasteiger partial charge is 0.478 e. The van der Waals surface area contributed by atoms with Gasteiger partial charge in [0.1, 0.15) is 5.82 Å². The molecule has 3 N–H and O–H groups in total. The van der Waals surface area contributed by atoms with Gasteiger partial charge in [-0.1, -0.05) is 18.2 Å². The van der Waals surface area contributed by atoms with Gasteiger partial charge in [-0.2, -0.15) is 5.10 Å². The molecule has 5 nitrogen and oxygen atoms in total. The number of hydrazone groups is 1. The molecule has 0 bridgehead atoms. The van der Waals surface area contributed by atoms with Crippen LogP contribution in [0.3, 0.4) is 0 Å². The van der Waals surface area contributed by atoms with Gasteiger partial charge in [0.2, 0.25) is 0 Å². The van der Waals surface area contributed by atoms with Gasteiger partial charge in [0.15, 0.2) is 0 Å². The Morgan fingerprint density at radius 1 is 1.13 bits per heavy atom. The number of carboxylic acid groups (broad SMARTS) is 1. The molecule has 0 radical (unpaired) electrons. The Hall–Kier alpha value is -3.67. The van der Waals surface area contributed by atoms with E-state index in [1.165, 1.54) is 12.1 Å². The van der Waals surface area contributed by atoms with Crippen LogP contribution in [0.5, 0.6) is 0 Å². The van der Waals surface area contributed by atoms with Gasteiger partial charge >= 0.3 is 5.97 Å². The van der Waals surface area contributed by atoms with Crippen molar-refractivity contribution >= 4 is 23.1 Å². The molecular formula is C25H22FN3O2. The third-order valence-corrected chi connectivity index (χ3v) is 6.29. The zero-order chi connectivity index (χ0) is 21.7. The summed E-state index contributed by atoms with van der Waals surface area (Å²) < 4.78 is 13.6. The fraction of sp³-hybridized carbons (Fsp3) is 0.200. The molecule has 6 heteroatoms. The van der Waals surface area contributed by atoms with E-state index in [9.17, 15) is 14.3 Å². The van der Waals surface area contributed by atoms with E-state index in [4.69, 9.17) is 10.8 Å². The molecule has 156 valence electrons. The highest BCUT2D eigenvalue weighted by atomic mass is 19.1. The average molecular weight is 415 g/mol. The van der Waals surface area contributed by atoms with Crippen LogP contribution in [-0.2, 0) is 6.42 Å². The molecule has 0 saturated heterocycles. The monoisotopic (exact) mass is 415 g/mol. The van der Waals surface area contributed by atoms with Crippen molar-refractivity contribution in [2.24, 2.45) is 11.0 Å². The first-order valence-corrected chi connectivity index (χ1v) is 10.3. The predicted molar refractivity (Wildman–Crippen MR) is 119 cm³/mol. The summed E-state index contributed by atoms with van der Waals surface area (Å²) in [5.74, 6) is -1.08. The minimum Gasteiger partial charge on any atom is -0.478 e. The summed E-state index contributed by atoms with van der Waals surface area (Å²) >= 11 is 0. The number of carbonyl (C=O) groups is 1. The molecule has 31 heavy (non-hydrogen) atoms. The Kier molecular flexibility index (Phi) is 4.50. The quantitative estimate of drug-likeness (QED) is 0.594. The number of fused-ring (bicyclic) bond motifs is 3. The SMILES string of the molecule is Cc1cc(N2N=C3c4ccc(C(=O)O)cc4CC[C@@H]3[C@@H]2c2ccc(F)cc2)ccc1N. The minimum absolute atomic E-state index is 0.0778. The van der Waals surface area contributed by atoms with Gasteiger partial charge < -0.3 is 10.8 Å². The van der Waals surface area contributed by atoms with Crippen molar-refractivity contribution in [3.63, 3.8) is 0 Å². The van der Waals surface area contributed by atoms with E-state index < -0.39 is 5.97 Å². The number of halogens is 1. The number of nitrogens with two attached hydrogens (primary N) is 1. The number of anilines is 2. The van der Waals surface area contributed by atoms with Crippen LogP contribution in [0.15, 0.2) is 65.8 Å². The maximum Gasteiger partial charge on any atom is 0.335 e. The lowest BCUT2D eigenvalue weighted by atomic mass is 9.77. The van der Waals surface area contributed by atoms with E-state index in [0.29, 0.717) is 0 Å². The van der Waals surface area contributed by atoms with Crippen molar-refractivity contribution in [3.8, 4) is 0 Å². The maximum absolute atomic E-state index is 13.6. The first-order chi connectivity index (χ1) is 14.9. The Bertz CT molecular complexity index is 1220. The molecule has 0 aromatic heterocycles. The van der Waals surface area contributed by atoms with Gasteiger partial charge in [0.25, 0.3) is 0 Å². The molecule has 3 aromatic carbocycles. The van der Waals surface area contributed by atoms with Crippen LogP contribution in [0.2, 0.25) is 0 Å². The molecule has 0 amide bonds. The third kappa shape index (κ3) is 3.24. The van der Waals surface area contributed by atoms with E-state index in [1.807, 2.05) is 48.3 Å². The molecule has 0 spiro atoms. The second-order valence-electron chi connectivity index (χ2n) is 8.19. The summed E-state index contributed by atoms with van der Waals surface area (Å²) in [5, 5.41) is 16.4. The third-order valence-electron chi connectivity index (χ3n) is 6.29. The second kappa shape index (κ2) is 7.23. The number of carboxylic acids is 1. The molecule has 3 aromatic rings. The summed E-state index contributed by atoms with van der Waals surface area (Å²) in [4.78, 5) is 11.4. The number of hydrogen-bond donors (Lipinski definition) is 2. The van der Waals surface area contributed by atoms with Crippen LogP contribution in [0, 0.1) is 18.7 Å². The summed E-state index contributed by atoms with van der Waals surface area (Å²) in [7, 11) is 0. The molecule has 0 fully saturated rings. The first kappa shape index (κ1) is 19.3. The second-order valence-corrected chi connectivity index (χ2v) is 8.19. The summed E-state index contributed by atoms with van der Waals surface area (Å²) in [6, 6.07) is 17.6. The number of benzene rings is 3. The van der Waals surface area contributed by atoms with E-state index in [0.717, 1.165) is 52.2 Å². The smallest absolute Gasteiger partial charge is 0.335 e. The molecule has 1 aliphatic carbocycles. The zero-order valence-corrected chi connectivity index (χ0v) is 17.0. The molecule has 1 aliphatic heterocycles. The van der Waals surface area contributed by atoms with Crippen molar-refractivity contribution in [3.05, 3.63) is 94.3 Å². The van der Waals surface area contributed by atoms with E-state index >= 15 is 0 Å². The fourth-order valence-electron chi connectivity index (χ4n) is 4.67. The molecule has 2 atom stereocenters. The Morgan fingerprint density at radius 2 is 1.90 bits per heavy atom. The zero-order valence-electron chi connectivity index (χ0n) is 17.0. The van der Waals surface area contributed by atoms with Crippen molar-refractivity contribution in [1.82, 2.24) is 0 Å². The van der Waals surface area contributed by atoms with E-state index in [-0.39, 0.29) is 23.3 Å². The number of aromatic carboxylic acids is 1. The van der Waals surface area contributed by atoms with Gasteiger partial charge in [-0.25, -0.2) is 9.18 Å². The lowest BCUT2D eigenvalue weighted by Crippen LogP contribution is -2.29. The van der Waals surface area contributed by atoms with Gasteiger partial charge in [-0.15, -0.1) is 0 Å². The topological polar surface area (TPSA) is 78.9 Å². The van der Waals surface area contributed by atoms with E-state index in [1.54, 1.807) is 12.1 Å². The fourth-order valence-corrected chi connectivity index (χ4v) is 4.67. The first-order valence-electron chi connectivity index (χ1n) is 10.3. The van der Waals surface area contributed by atoms with Crippen molar-refractivity contribution in [2.45, 2.75) is 25.8 Å². The van der Waals surface area contributed by atoms with Crippen LogP contribution >= 0.6 is 0 Å². The number of rotatable bonds is 3.